The fraction of sp³-hybridized carbons (Fsp3) is 0.211. The molecule has 0 atom stereocenters. The molecule has 0 spiro atoms. The molecular weight excluding hydrogens is 368 g/mol. The van der Waals surface area contributed by atoms with Crippen LogP contribution in [-0.4, -0.2) is 52.4 Å². The number of amides is 2. The van der Waals surface area contributed by atoms with Crippen LogP contribution in [0.25, 0.3) is 5.52 Å². The number of imidazole rings is 1. The first-order valence-corrected chi connectivity index (χ1v) is 8.93. The molecule has 0 radical (unpaired) electrons. The number of nitrogens with zero attached hydrogens (tertiary/aromatic N) is 3. The second-order valence-electron chi connectivity index (χ2n) is 6.08. The van der Waals surface area contributed by atoms with E-state index in [-0.39, 0.29) is 17.4 Å². The molecule has 4 rings (SSSR count). The summed E-state index contributed by atoms with van der Waals surface area (Å²) in [6.07, 6.45) is 1.72. The Morgan fingerprint density at radius 2 is 1.81 bits per heavy atom. The van der Waals surface area contributed by atoms with E-state index < -0.39 is 5.91 Å². The second kappa shape index (κ2) is 7.38. The monoisotopic (exact) mass is 384 g/mol. The molecule has 0 unspecified atom stereocenters. The third kappa shape index (κ3) is 3.39. The molecule has 1 aliphatic heterocycles. The third-order valence-electron chi connectivity index (χ3n) is 4.38. The summed E-state index contributed by atoms with van der Waals surface area (Å²) < 4.78 is 6.93. The van der Waals surface area contributed by atoms with E-state index in [1.54, 1.807) is 58.0 Å². The average Bonchev–Trinajstić information content (AvgIpc) is 3.10. The number of halogens is 1. The fourth-order valence-corrected chi connectivity index (χ4v) is 3.19. The summed E-state index contributed by atoms with van der Waals surface area (Å²) in [5.41, 5.74) is 1.22. The lowest BCUT2D eigenvalue weighted by molar-refractivity contribution is 0.0294. The smallest absolute Gasteiger partial charge is 0.290 e. The molecule has 27 heavy (non-hydrogen) atoms. The van der Waals surface area contributed by atoms with E-state index in [9.17, 15) is 9.59 Å². The van der Waals surface area contributed by atoms with Crippen molar-refractivity contribution in [1.82, 2.24) is 14.3 Å². The Bertz CT molecular complexity index is 1010. The molecule has 3 heterocycles. The van der Waals surface area contributed by atoms with Crippen LogP contribution in [-0.2, 0) is 4.74 Å². The van der Waals surface area contributed by atoms with Crippen molar-refractivity contribution >= 4 is 34.6 Å². The van der Waals surface area contributed by atoms with Crippen LogP contribution in [0, 0.1) is 0 Å². The van der Waals surface area contributed by atoms with Gasteiger partial charge in [-0.1, -0.05) is 29.8 Å². The Labute approximate surface area is 160 Å². The van der Waals surface area contributed by atoms with Crippen LogP contribution in [0.3, 0.4) is 0 Å². The van der Waals surface area contributed by atoms with Crippen molar-refractivity contribution in [3.8, 4) is 0 Å². The van der Waals surface area contributed by atoms with Crippen molar-refractivity contribution < 1.29 is 14.3 Å². The Hall–Kier alpha value is -2.90. The maximum absolute atomic E-state index is 12.9. The van der Waals surface area contributed by atoms with Crippen LogP contribution in [0.4, 0.5) is 5.69 Å². The van der Waals surface area contributed by atoms with Gasteiger partial charge in [0.2, 0.25) is 5.82 Å². The molecule has 2 amide bonds. The number of carbonyl (C=O) groups is 2. The van der Waals surface area contributed by atoms with Crippen LogP contribution < -0.4 is 5.32 Å². The number of ether oxygens (including phenoxy) is 1. The minimum absolute atomic E-state index is 0.173. The number of benzene rings is 1. The van der Waals surface area contributed by atoms with Crippen molar-refractivity contribution in [1.29, 1.82) is 0 Å². The molecule has 3 aromatic rings. The van der Waals surface area contributed by atoms with Crippen LogP contribution in [0.1, 0.15) is 21.1 Å². The van der Waals surface area contributed by atoms with Crippen molar-refractivity contribution in [3.63, 3.8) is 0 Å². The molecule has 0 bridgehead atoms. The van der Waals surface area contributed by atoms with Gasteiger partial charge in [0.25, 0.3) is 11.8 Å². The summed E-state index contributed by atoms with van der Waals surface area (Å²) in [5.74, 6) is -0.444. The number of para-hydroxylation sites is 1. The van der Waals surface area contributed by atoms with Gasteiger partial charge in [-0.15, -0.1) is 0 Å². The van der Waals surface area contributed by atoms with Gasteiger partial charge >= 0.3 is 0 Å². The van der Waals surface area contributed by atoms with Crippen LogP contribution >= 0.6 is 11.6 Å². The van der Waals surface area contributed by atoms with Crippen molar-refractivity contribution in [2.45, 2.75) is 0 Å². The SMILES string of the molecule is O=C(Nc1ccccc1Cl)c1nc(C(=O)N2CCOCC2)n2ccccc12. The first kappa shape index (κ1) is 17.5. The van der Waals surface area contributed by atoms with Gasteiger partial charge in [0.05, 0.1) is 29.4 Å². The molecule has 0 aliphatic carbocycles. The topological polar surface area (TPSA) is 75.9 Å². The number of carbonyl (C=O) groups excluding carboxylic acids is 2. The zero-order valence-corrected chi connectivity index (χ0v) is 15.1. The molecule has 8 heteroatoms. The lowest BCUT2D eigenvalue weighted by Crippen LogP contribution is -2.41. The highest BCUT2D eigenvalue weighted by molar-refractivity contribution is 6.34. The molecule has 1 fully saturated rings. The van der Waals surface area contributed by atoms with Gasteiger partial charge in [0, 0.05) is 19.3 Å². The third-order valence-corrected chi connectivity index (χ3v) is 4.70. The largest absolute Gasteiger partial charge is 0.378 e. The van der Waals surface area contributed by atoms with Gasteiger partial charge in [-0.2, -0.15) is 0 Å². The van der Waals surface area contributed by atoms with Gasteiger partial charge in [-0.25, -0.2) is 4.98 Å². The van der Waals surface area contributed by atoms with E-state index in [2.05, 4.69) is 10.3 Å². The summed E-state index contributed by atoms with van der Waals surface area (Å²) in [5, 5.41) is 3.19. The van der Waals surface area contributed by atoms with Gasteiger partial charge in [-0.3, -0.25) is 14.0 Å². The molecule has 2 aromatic heterocycles. The Morgan fingerprint density at radius 3 is 2.59 bits per heavy atom. The Kier molecular flexibility index (Phi) is 4.79. The van der Waals surface area contributed by atoms with E-state index in [4.69, 9.17) is 16.3 Å². The standard InChI is InChI=1S/C19H17ClN4O3/c20-13-5-1-2-6-14(13)21-18(25)16-15-7-3-4-8-24(15)17(22-16)19(26)23-9-11-27-12-10-23/h1-8H,9-12H2,(H,21,25). The molecule has 7 nitrogen and oxygen atoms in total. The number of morpholine rings is 1. The Morgan fingerprint density at radius 1 is 1.07 bits per heavy atom. The Balaban J connectivity index is 1.70. The van der Waals surface area contributed by atoms with Gasteiger partial charge in [0.15, 0.2) is 5.69 Å². The highest BCUT2D eigenvalue weighted by atomic mass is 35.5. The first-order chi connectivity index (χ1) is 13.1. The summed E-state index contributed by atoms with van der Waals surface area (Å²) in [6.45, 7) is 1.99. The van der Waals surface area contributed by atoms with Crippen LogP contribution in [0.2, 0.25) is 5.02 Å². The number of rotatable bonds is 3. The van der Waals surface area contributed by atoms with Crippen molar-refractivity contribution in [3.05, 3.63) is 65.2 Å². The summed E-state index contributed by atoms with van der Waals surface area (Å²) in [7, 11) is 0. The van der Waals surface area contributed by atoms with E-state index in [1.165, 1.54) is 0 Å². The summed E-state index contributed by atoms with van der Waals surface area (Å²) >= 11 is 6.12. The molecule has 0 saturated carbocycles. The van der Waals surface area contributed by atoms with E-state index in [0.29, 0.717) is 42.5 Å². The number of fused-ring (bicyclic) bond motifs is 1. The number of aromatic nitrogens is 2. The van der Waals surface area contributed by atoms with Gasteiger partial charge < -0.3 is 15.0 Å². The lowest BCUT2D eigenvalue weighted by atomic mass is 10.3. The predicted octanol–water partition coefficient (Wildman–Crippen LogP) is 2.71. The predicted molar refractivity (Wildman–Crippen MR) is 101 cm³/mol. The minimum atomic E-state index is -0.423. The van der Waals surface area contributed by atoms with Crippen LogP contribution in [0.15, 0.2) is 48.7 Å². The molecule has 1 aliphatic rings. The number of nitrogens with one attached hydrogen (secondary N) is 1. The normalized spacial score (nSPS) is 14.3. The average molecular weight is 385 g/mol. The van der Waals surface area contributed by atoms with Crippen LogP contribution in [0.5, 0.6) is 0 Å². The number of hydrogen-bond donors (Lipinski definition) is 1. The quantitative estimate of drug-likeness (QED) is 0.753. The zero-order valence-electron chi connectivity index (χ0n) is 14.4. The number of anilines is 1. The van der Waals surface area contributed by atoms with E-state index in [0.717, 1.165) is 0 Å². The van der Waals surface area contributed by atoms with Gasteiger partial charge in [0.1, 0.15) is 0 Å². The van der Waals surface area contributed by atoms with Crippen molar-refractivity contribution in [2.75, 3.05) is 31.6 Å². The molecule has 138 valence electrons. The van der Waals surface area contributed by atoms with Crippen molar-refractivity contribution in [2.24, 2.45) is 0 Å². The minimum Gasteiger partial charge on any atom is -0.378 e. The number of hydrogen-bond acceptors (Lipinski definition) is 4. The maximum Gasteiger partial charge on any atom is 0.290 e. The van der Waals surface area contributed by atoms with E-state index >= 15 is 0 Å². The fourth-order valence-electron chi connectivity index (χ4n) is 3.01. The lowest BCUT2D eigenvalue weighted by Gasteiger charge is -2.26. The second-order valence-corrected chi connectivity index (χ2v) is 6.49. The summed E-state index contributed by atoms with van der Waals surface area (Å²) in [6, 6.07) is 12.3. The molecule has 1 aromatic carbocycles. The molecule has 1 saturated heterocycles. The zero-order chi connectivity index (χ0) is 18.8. The first-order valence-electron chi connectivity index (χ1n) is 8.55. The summed E-state index contributed by atoms with van der Waals surface area (Å²) in [4.78, 5) is 31.7. The molecular formula is C19H17ClN4O3. The highest BCUT2D eigenvalue weighted by Gasteiger charge is 2.26. The highest BCUT2D eigenvalue weighted by Crippen LogP contribution is 2.22. The van der Waals surface area contributed by atoms with Gasteiger partial charge in [-0.05, 0) is 24.3 Å². The van der Waals surface area contributed by atoms with E-state index in [1.807, 2.05) is 0 Å². The maximum atomic E-state index is 12.9. The molecule has 1 N–H and O–H groups in total. The number of pyridine rings is 1.